The number of hydrogen-bond acceptors (Lipinski definition) is 4. The standard InChI is InChI=1S/C18H22N2O4S/c1-12(2)18(21)19-16-10-7-14(11-17(16)24-4)20-25(22,23)15-8-5-13(3)6-9-15/h5-12,20H,1-4H3,(H,19,21). The van der Waals surface area contributed by atoms with Crippen LogP contribution >= 0.6 is 0 Å². The zero-order valence-electron chi connectivity index (χ0n) is 14.7. The SMILES string of the molecule is COc1cc(NS(=O)(=O)c2ccc(C)cc2)ccc1NC(=O)C(C)C. The molecule has 0 saturated heterocycles. The molecule has 25 heavy (non-hydrogen) atoms. The van der Waals surface area contributed by atoms with Crippen molar-refractivity contribution in [2.45, 2.75) is 25.7 Å². The molecule has 0 spiro atoms. The van der Waals surface area contributed by atoms with Crippen LogP contribution in [0.2, 0.25) is 0 Å². The van der Waals surface area contributed by atoms with Gasteiger partial charge in [-0.1, -0.05) is 31.5 Å². The van der Waals surface area contributed by atoms with E-state index in [0.717, 1.165) is 5.56 Å². The van der Waals surface area contributed by atoms with E-state index in [1.165, 1.54) is 13.2 Å². The summed E-state index contributed by atoms with van der Waals surface area (Å²) in [6.45, 7) is 5.45. The third-order valence-electron chi connectivity index (χ3n) is 3.57. The first-order valence-electron chi connectivity index (χ1n) is 7.81. The molecule has 7 heteroatoms. The molecule has 0 unspecified atom stereocenters. The van der Waals surface area contributed by atoms with Crippen LogP contribution in [0, 0.1) is 12.8 Å². The van der Waals surface area contributed by atoms with Crippen molar-refractivity contribution in [3.8, 4) is 5.75 Å². The number of anilines is 2. The fraction of sp³-hybridized carbons (Fsp3) is 0.278. The van der Waals surface area contributed by atoms with Gasteiger partial charge in [-0.15, -0.1) is 0 Å². The summed E-state index contributed by atoms with van der Waals surface area (Å²) in [4.78, 5) is 12.0. The van der Waals surface area contributed by atoms with Gasteiger partial charge in [-0.2, -0.15) is 0 Å². The highest BCUT2D eigenvalue weighted by atomic mass is 32.2. The Kier molecular flexibility index (Phi) is 5.69. The van der Waals surface area contributed by atoms with Gasteiger partial charge >= 0.3 is 0 Å². The van der Waals surface area contributed by atoms with Crippen molar-refractivity contribution in [1.29, 1.82) is 0 Å². The monoisotopic (exact) mass is 362 g/mol. The predicted octanol–water partition coefficient (Wildman–Crippen LogP) is 3.40. The average Bonchev–Trinajstić information content (AvgIpc) is 2.56. The number of aryl methyl sites for hydroxylation is 1. The molecule has 0 aromatic heterocycles. The molecular formula is C18H22N2O4S. The summed E-state index contributed by atoms with van der Waals surface area (Å²) in [6, 6.07) is 11.3. The van der Waals surface area contributed by atoms with Crippen LogP contribution in [0.1, 0.15) is 19.4 Å². The van der Waals surface area contributed by atoms with Gasteiger partial charge in [0.25, 0.3) is 10.0 Å². The Morgan fingerprint density at radius 2 is 1.72 bits per heavy atom. The molecule has 0 aliphatic heterocycles. The number of benzene rings is 2. The van der Waals surface area contributed by atoms with Crippen LogP contribution in [-0.2, 0) is 14.8 Å². The molecule has 2 aromatic carbocycles. The topological polar surface area (TPSA) is 84.5 Å². The summed E-state index contributed by atoms with van der Waals surface area (Å²) in [5.74, 6) is 0.0498. The van der Waals surface area contributed by atoms with Gasteiger partial charge in [0.1, 0.15) is 5.75 Å². The second-order valence-corrected chi connectivity index (χ2v) is 7.66. The number of carbonyl (C=O) groups excluding carboxylic acids is 1. The highest BCUT2D eigenvalue weighted by molar-refractivity contribution is 7.92. The maximum atomic E-state index is 12.4. The van der Waals surface area contributed by atoms with Gasteiger partial charge in [-0.3, -0.25) is 9.52 Å². The Morgan fingerprint density at radius 3 is 2.28 bits per heavy atom. The summed E-state index contributed by atoms with van der Waals surface area (Å²) >= 11 is 0. The molecule has 2 rings (SSSR count). The fourth-order valence-corrected chi connectivity index (χ4v) is 3.12. The largest absolute Gasteiger partial charge is 0.494 e. The molecule has 0 fully saturated rings. The van der Waals surface area contributed by atoms with Crippen LogP contribution in [-0.4, -0.2) is 21.4 Å². The Hall–Kier alpha value is -2.54. The van der Waals surface area contributed by atoms with Crippen molar-refractivity contribution >= 4 is 27.3 Å². The van der Waals surface area contributed by atoms with E-state index in [-0.39, 0.29) is 16.7 Å². The summed E-state index contributed by atoms with van der Waals surface area (Å²) in [7, 11) is -2.24. The molecule has 0 aliphatic carbocycles. The van der Waals surface area contributed by atoms with E-state index in [9.17, 15) is 13.2 Å². The van der Waals surface area contributed by atoms with Gasteiger partial charge in [0, 0.05) is 12.0 Å². The maximum Gasteiger partial charge on any atom is 0.261 e. The van der Waals surface area contributed by atoms with Crippen LogP contribution in [0.4, 0.5) is 11.4 Å². The van der Waals surface area contributed by atoms with Gasteiger partial charge in [0.2, 0.25) is 5.91 Å². The highest BCUT2D eigenvalue weighted by Crippen LogP contribution is 2.29. The third kappa shape index (κ3) is 4.73. The molecular weight excluding hydrogens is 340 g/mol. The Labute approximate surface area is 148 Å². The lowest BCUT2D eigenvalue weighted by molar-refractivity contribution is -0.118. The summed E-state index contributed by atoms with van der Waals surface area (Å²) in [5, 5.41) is 2.75. The number of sulfonamides is 1. The molecule has 6 nitrogen and oxygen atoms in total. The second-order valence-electron chi connectivity index (χ2n) is 5.98. The molecule has 1 amide bonds. The average molecular weight is 362 g/mol. The van der Waals surface area contributed by atoms with Gasteiger partial charge in [-0.25, -0.2) is 8.42 Å². The molecule has 0 atom stereocenters. The molecule has 0 radical (unpaired) electrons. The van der Waals surface area contributed by atoms with Gasteiger partial charge in [0.05, 0.1) is 23.4 Å². The van der Waals surface area contributed by atoms with Crippen LogP contribution in [0.15, 0.2) is 47.4 Å². The molecule has 0 aliphatic rings. The van der Waals surface area contributed by atoms with Crippen LogP contribution < -0.4 is 14.8 Å². The van der Waals surface area contributed by atoms with Crippen LogP contribution in [0.3, 0.4) is 0 Å². The van der Waals surface area contributed by atoms with Crippen LogP contribution in [0.25, 0.3) is 0 Å². The molecule has 0 bridgehead atoms. The first-order valence-corrected chi connectivity index (χ1v) is 9.29. The fourth-order valence-electron chi connectivity index (χ4n) is 2.07. The Morgan fingerprint density at radius 1 is 1.08 bits per heavy atom. The Bertz CT molecular complexity index is 859. The minimum atomic E-state index is -3.70. The van der Waals surface area contributed by atoms with Crippen molar-refractivity contribution < 1.29 is 17.9 Å². The lowest BCUT2D eigenvalue weighted by Crippen LogP contribution is -2.18. The third-order valence-corrected chi connectivity index (χ3v) is 4.96. The lowest BCUT2D eigenvalue weighted by atomic mass is 10.2. The zero-order valence-corrected chi connectivity index (χ0v) is 15.5. The first-order chi connectivity index (χ1) is 11.7. The van der Waals surface area contributed by atoms with E-state index in [1.54, 1.807) is 50.2 Å². The predicted molar refractivity (Wildman–Crippen MR) is 98.4 cm³/mol. The number of carbonyl (C=O) groups is 1. The van der Waals surface area contributed by atoms with Crippen LogP contribution in [0.5, 0.6) is 5.75 Å². The van der Waals surface area contributed by atoms with Crippen molar-refractivity contribution in [1.82, 2.24) is 0 Å². The number of methoxy groups -OCH3 is 1. The summed E-state index contributed by atoms with van der Waals surface area (Å²) in [6.07, 6.45) is 0. The molecule has 0 heterocycles. The quantitative estimate of drug-likeness (QED) is 0.825. The van der Waals surface area contributed by atoms with Crippen molar-refractivity contribution in [3.63, 3.8) is 0 Å². The number of rotatable bonds is 6. The normalized spacial score (nSPS) is 11.2. The number of amides is 1. The minimum Gasteiger partial charge on any atom is -0.494 e. The molecule has 2 N–H and O–H groups in total. The Balaban J connectivity index is 2.25. The lowest BCUT2D eigenvalue weighted by Gasteiger charge is -2.14. The van der Waals surface area contributed by atoms with E-state index in [1.807, 2.05) is 6.92 Å². The maximum absolute atomic E-state index is 12.4. The van der Waals surface area contributed by atoms with E-state index < -0.39 is 10.0 Å². The van der Waals surface area contributed by atoms with Gasteiger partial charge in [-0.05, 0) is 31.2 Å². The molecule has 2 aromatic rings. The van der Waals surface area contributed by atoms with Gasteiger partial charge in [0.15, 0.2) is 0 Å². The molecule has 0 saturated carbocycles. The number of hydrogen-bond donors (Lipinski definition) is 2. The van der Waals surface area contributed by atoms with Gasteiger partial charge < -0.3 is 10.1 Å². The minimum absolute atomic E-state index is 0.147. The second kappa shape index (κ2) is 7.57. The van der Waals surface area contributed by atoms with E-state index in [0.29, 0.717) is 17.1 Å². The van der Waals surface area contributed by atoms with Crippen molar-refractivity contribution in [2.24, 2.45) is 5.92 Å². The van der Waals surface area contributed by atoms with E-state index in [2.05, 4.69) is 10.0 Å². The highest BCUT2D eigenvalue weighted by Gasteiger charge is 2.16. The summed E-state index contributed by atoms with van der Waals surface area (Å²) in [5.41, 5.74) is 1.81. The van der Waals surface area contributed by atoms with E-state index >= 15 is 0 Å². The number of nitrogens with one attached hydrogen (secondary N) is 2. The smallest absolute Gasteiger partial charge is 0.261 e. The van der Waals surface area contributed by atoms with Crippen molar-refractivity contribution in [2.75, 3.05) is 17.1 Å². The zero-order chi connectivity index (χ0) is 18.6. The number of ether oxygens (including phenoxy) is 1. The summed E-state index contributed by atoms with van der Waals surface area (Å²) < 4.78 is 32.7. The van der Waals surface area contributed by atoms with Crippen molar-refractivity contribution in [3.05, 3.63) is 48.0 Å². The molecule has 134 valence electrons. The van der Waals surface area contributed by atoms with E-state index in [4.69, 9.17) is 4.74 Å². The first kappa shape index (κ1) is 18.8.